The van der Waals surface area contributed by atoms with Crippen molar-refractivity contribution in [3.05, 3.63) is 0 Å². The number of hydrogen-bond acceptors (Lipinski definition) is 1. The van der Waals surface area contributed by atoms with Crippen LogP contribution >= 0.6 is 0 Å². The fraction of sp³-hybridized carbons (Fsp3) is 1.00. The molecule has 0 aliphatic carbocycles. The molecule has 2 heteroatoms. The van der Waals surface area contributed by atoms with Gasteiger partial charge in [-0.1, -0.05) is 20.3 Å². The maximum Gasteiger partial charge on any atom is 0.195 e. The van der Waals surface area contributed by atoms with Gasteiger partial charge in [-0.3, -0.25) is 0 Å². The summed E-state index contributed by atoms with van der Waals surface area (Å²) >= 11 is 0. The summed E-state index contributed by atoms with van der Waals surface area (Å²) in [7, 11) is 0. The predicted molar refractivity (Wildman–Crippen MR) is 36.0 cm³/mol. The van der Waals surface area contributed by atoms with Crippen molar-refractivity contribution >= 4 is 0 Å². The second-order valence-corrected chi connectivity index (χ2v) is 2.39. The van der Waals surface area contributed by atoms with Crippen molar-refractivity contribution in [2.24, 2.45) is 5.92 Å². The Morgan fingerprint density at radius 2 is 2.00 bits per heavy atom. The summed E-state index contributed by atoms with van der Waals surface area (Å²) in [6, 6.07) is 0. The monoisotopic (exact) mass is 134 g/mol. The minimum absolute atomic E-state index is 0.475. The van der Waals surface area contributed by atoms with Gasteiger partial charge in [0.25, 0.3) is 0 Å². The standard InChI is InChI=1S/C7H15FO/c1-4-6(2)5-9-7(3)8/h6-7H,4-5H2,1-3H3. The van der Waals surface area contributed by atoms with Crippen molar-refractivity contribution in [3.63, 3.8) is 0 Å². The highest BCUT2D eigenvalue weighted by molar-refractivity contribution is 4.45. The van der Waals surface area contributed by atoms with Crippen LogP contribution in [0.15, 0.2) is 0 Å². The predicted octanol–water partition coefficient (Wildman–Crippen LogP) is 2.36. The highest BCUT2D eigenvalue weighted by Gasteiger charge is 2.01. The summed E-state index contributed by atoms with van der Waals surface area (Å²) in [6.45, 7) is 6.05. The lowest BCUT2D eigenvalue weighted by Gasteiger charge is -2.09. The number of ether oxygens (including phenoxy) is 1. The average molecular weight is 134 g/mol. The molecule has 0 radical (unpaired) electrons. The van der Waals surface area contributed by atoms with Crippen LogP contribution in [0.1, 0.15) is 27.2 Å². The van der Waals surface area contributed by atoms with Crippen molar-refractivity contribution in [1.29, 1.82) is 0 Å². The fourth-order valence-electron chi connectivity index (χ4n) is 0.415. The van der Waals surface area contributed by atoms with E-state index in [1.807, 2.05) is 6.92 Å². The number of alkyl halides is 1. The summed E-state index contributed by atoms with van der Waals surface area (Å²) in [5.41, 5.74) is 0. The fourth-order valence-corrected chi connectivity index (χ4v) is 0.415. The Bertz CT molecular complexity index is 63.9. The molecule has 0 aromatic carbocycles. The average Bonchev–Trinajstić information content (AvgIpc) is 1.83. The molecule has 0 rings (SSSR count). The van der Waals surface area contributed by atoms with Gasteiger partial charge in [-0.25, -0.2) is 4.39 Å². The Balaban J connectivity index is 3.06. The Morgan fingerprint density at radius 1 is 1.44 bits per heavy atom. The van der Waals surface area contributed by atoms with Crippen LogP contribution in [0.3, 0.4) is 0 Å². The maximum atomic E-state index is 12.0. The van der Waals surface area contributed by atoms with E-state index in [9.17, 15) is 4.39 Å². The van der Waals surface area contributed by atoms with E-state index in [2.05, 4.69) is 6.92 Å². The molecule has 0 bridgehead atoms. The Labute approximate surface area is 56.2 Å². The van der Waals surface area contributed by atoms with Gasteiger partial charge in [-0.2, -0.15) is 0 Å². The molecule has 0 saturated carbocycles. The molecule has 1 nitrogen and oxygen atoms in total. The third kappa shape index (κ3) is 5.77. The van der Waals surface area contributed by atoms with E-state index in [0.717, 1.165) is 6.42 Å². The van der Waals surface area contributed by atoms with Crippen molar-refractivity contribution < 1.29 is 9.13 Å². The Kier molecular flexibility index (Phi) is 4.68. The van der Waals surface area contributed by atoms with E-state index in [-0.39, 0.29) is 0 Å². The van der Waals surface area contributed by atoms with Gasteiger partial charge in [0.05, 0.1) is 6.61 Å². The third-order valence-corrected chi connectivity index (χ3v) is 1.31. The van der Waals surface area contributed by atoms with Gasteiger partial charge in [0, 0.05) is 0 Å². The minimum Gasteiger partial charge on any atom is -0.348 e. The lowest BCUT2D eigenvalue weighted by Crippen LogP contribution is -2.08. The smallest absolute Gasteiger partial charge is 0.195 e. The quantitative estimate of drug-likeness (QED) is 0.573. The lowest BCUT2D eigenvalue weighted by molar-refractivity contribution is -0.0384. The maximum absolute atomic E-state index is 12.0. The van der Waals surface area contributed by atoms with Crippen molar-refractivity contribution in [2.75, 3.05) is 6.61 Å². The normalized spacial score (nSPS) is 17.3. The third-order valence-electron chi connectivity index (χ3n) is 1.31. The van der Waals surface area contributed by atoms with Crippen LogP contribution in [0.5, 0.6) is 0 Å². The molecule has 0 spiro atoms. The highest BCUT2D eigenvalue weighted by Crippen LogP contribution is 2.02. The first-order valence-electron chi connectivity index (χ1n) is 3.42. The Morgan fingerprint density at radius 3 is 2.33 bits per heavy atom. The molecule has 2 atom stereocenters. The van der Waals surface area contributed by atoms with Crippen molar-refractivity contribution in [1.82, 2.24) is 0 Å². The van der Waals surface area contributed by atoms with Gasteiger partial charge in [-0.15, -0.1) is 0 Å². The molecule has 0 saturated heterocycles. The zero-order valence-electron chi connectivity index (χ0n) is 6.36. The molecule has 2 unspecified atom stereocenters. The molecule has 9 heavy (non-hydrogen) atoms. The van der Waals surface area contributed by atoms with E-state index in [4.69, 9.17) is 4.74 Å². The molecular weight excluding hydrogens is 119 g/mol. The SMILES string of the molecule is CCC(C)COC(C)F. The Hall–Kier alpha value is -0.110. The van der Waals surface area contributed by atoms with Crippen molar-refractivity contribution in [3.8, 4) is 0 Å². The molecule has 0 N–H and O–H groups in total. The molecule has 0 aromatic heterocycles. The minimum atomic E-state index is -1.11. The van der Waals surface area contributed by atoms with Gasteiger partial charge in [0.2, 0.25) is 0 Å². The van der Waals surface area contributed by atoms with Gasteiger partial charge in [0.1, 0.15) is 0 Å². The van der Waals surface area contributed by atoms with Crippen LogP contribution in [-0.2, 0) is 4.74 Å². The van der Waals surface area contributed by atoms with Crippen LogP contribution < -0.4 is 0 Å². The zero-order chi connectivity index (χ0) is 7.28. The second kappa shape index (κ2) is 4.74. The van der Waals surface area contributed by atoms with Crippen LogP contribution in [0.4, 0.5) is 4.39 Å². The summed E-state index contributed by atoms with van der Waals surface area (Å²) in [4.78, 5) is 0. The zero-order valence-corrected chi connectivity index (χ0v) is 6.36. The van der Waals surface area contributed by atoms with E-state index >= 15 is 0 Å². The van der Waals surface area contributed by atoms with Gasteiger partial charge in [-0.05, 0) is 12.8 Å². The van der Waals surface area contributed by atoms with E-state index in [0.29, 0.717) is 12.5 Å². The second-order valence-electron chi connectivity index (χ2n) is 2.39. The summed E-state index contributed by atoms with van der Waals surface area (Å²) < 4.78 is 16.7. The molecule has 0 amide bonds. The van der Waals surface area contributed by atoms with Crippen LogP contribution in [-0.4, -0.2) is 13.0 Å². The van der Waals surface area contributed by atoms with Crippen LogP contribution in [0.2, 0.25) is 0 Å². The first kappa shape index (κ1) is 8.89. The molecule has 56 valence electrons. The van der Waals surface area contributed by atoms with Gasteiger partial charge >= 0.3 is 0 Å². The summed E-state index contributed by atoms with van der Waals surface area (Å²) in [5, 5.41) is 0. The molecule has 0 aliphatic rings. The number of halogens is 1. The molecule has 0 fully saturated rings. The van der Waals surface area contributed by atoms with E-state index in [1.165, 1.54) is 6.92 Å². The number of hydrogen-bond donors (Lipinski definition) is 0. The molecular formula is C7H15FO. The van der Waals surface area contributed by atoms with E-state index in [1.54, 1.807) is 0 Å². The van der Waals surface area contributed by atoms with Crippen LogP contribution in [0.25, 0.3) is 0 Å². The first-order valence-corrected chi connectivity index (χ1v) is 3.42. The molecule has 0 aromatic rings. The first-order chi connectivity index (χ1) is 4.16. The topological polar surface area (TPSA) is 9.23 Å². The van der Waals surface area contributed by atoms with Crippen molar-refractivity contribution in [2.45, 2.75) is 33.5 Å². The molecule has 0 aliphatic heterocycles. The van der Waals surface area contributed by atoms with Gasteiger partial charge < -0.3 is 4.74 Å². The summed E-state index contributed by atoms with van der Waals surface area (Å²) in [6.07, 6.45) is -0.0637. The van der Waals surface area contributed by atoms with Crippen LogP contribution in [0, 0.1) is 5.92 Å². The number of rotatable bonds is 4. The molecule has 0 heterocycles. The largest absolute Gasteiger partial charge is 0.348 e. The highest BCUT2D eigenvalue weighted by atomic mass is 19.1. The van der Waals surface area contributed by atoms with E-state index < -0.39 is 6.36 Å². The lowest BCUT2D eigenvalue weighted by atomic mass is 10.1. The van der Waals surface area contributed by atoms with Gasteiger partial charge in [0.15, 0.2) is 6.36 Å². The summed E-state index contributed by atoms with van der Waals surface area (Å²) in [5.74, 6) is 0.475.